The molecule has 0 spiro atoms. The van der Waals surface area contributed by atoms with Gasteiger partial charge in [0.1, 0.15) is 5.82 Å². The van der Waals surface area contributed by atoms with Crippen molar-refractivity contribution >= 4 is 15.9 Å². The second-order valence-corrected chi connectivity index (χ2v) is 6.72. The molecule has 0 saturated carbocycles. The van der Waals surface area contributed by atoms with Crippen molar-refractivity contribution in [2.75, 3.05) is 13.1 Å². The van der Waals surface area contributed by atoms with Gasteiger partial charge in [-0.25, -0.2) is 17.6 Å². The molecular formula is C12H14FNO4S. The number of carboxylic acid groups (broad SMARTS) is 1. The lowest BCUT2D eigenvalue weighted by Gasteiger charge is -2.30. The van der Waals surface area contributed by atoms with E-state index in [0.29, 0.717) is 19.4 Å². The number of rotatable bonds is 2. The molecule has 1 aliphatic heterocycles. The second-order valence-electron chi connectivity index (χ2n) is 4.49. The number of piperidine rings is 1. The fourth-order valence-corrected chi connectivity index (χ4v) is 3.94. The molecule has 1 atom stereocenters. The fourth-order valence-electron chi connectivity index (χ4n) is 2.18. The Labute approximate surface area is 110 Å². The van der Waals surface area contributed by atoms with E-state index in [1.54, 1.807) is 0 Å². The molecule has 1 heterocycles. The highest BCUT2D eigenvalue weighted by Gasteiger charge is 2.33. The zero-order valence-electron chi connectivity index (χ0n) is 10.1. The maximum Gasteiger partial charge on any atom is 0.407 e. The van der Waals surface area contributed by atoms with Crippen molar-refractivity contribution < 1.29 is 22.7 Å². The highest BCUT2D eigenvalue weighted by Crippen LogP contribution is 2.24. The third-order valence-electron chi connectivity index (χ3n) is 3.23. The van der Waals surface area contributed by atoms with E-state index in [-0.39, 0.29) is 11.4 Å². The van der Waals surface area contributed by atoms with Gasteiger partial charge in [-0.05, 0) is 37.1 Å². The van der Waals surface area contributed by atoms with Crippen LogP contribution in [0.5, 0.6) is 0 Å². The first kappa shape index (κ1) is 13.8. The average molecular weight is 287 g/mol. The lowest BCUT2D eigenvalue weighted by Crippen LogP contribution is -2.44. The van der Waals surface area contributed by atoms with E-state index in [2.05, 4.69) is 0 Å². The molecule has 0 bridgehead atoms. The van der Waals surface area contributed by atoms with E-state index in [1.807, 2.05) is 0 Å². The monoisotopic (exact) mass is 287 g/mol. The van der Waals surface area contributed by atoms with Gasteiger partial charge in [0.2, 0.25) is 0 Å². The smallest absolute Gasteiger partial charge is 0.407 e. The Morgan fingerprint density at radius 1 is 1.32 bits per heavy atom. The third kappa shape index (κ3) is 2.86. The van der Waals surface area contributed by atoms with Crippen LogP contribution in [-0.4, -0.2) is 42.9 Å². The molecule has 0 aliphatic carbocycles. The Balaban J connectivity index is 2.24. The Morgan fingerprint density at radius 3 is 2.53 bits per heavy atom. The van der Waals surface area contributed by atoms with Gasteiger partial charge in [-0.15, -0.1) is 0 Å². The summed E-state index contributed by atoms with van der Waals surface area (Å²) in [7, 11) is -3.62. The minimum absolute atomic E-state index is 0.0327. The van der Waals surface area contributed by atoms with Gasteiger partial charge in [0.25, 0.3) is 0 Å². The highest BCUT2D eigenvalue weighted by molar-refractivity contribution is 7.92. The minimum Gasteiger partial charge on any atom is -0.465 e. The first-order valence-corrected chi connectivity index (χ1v) is 7.43. The van der Waals surface area contributed by atoms with Gasteiger partial charge >= 0.3 is 6.09 Å². The van der Waals surface area contributed by atoms with Crippen molar-refractivity contribution in [3.63, 3.8) is 0 Å². The van der Waals surface area contributed by atoms with Gasteiger partial charge in [-0.1, -0.05) is 0 Å². The molecule has 2 rings (SSSR count). The van der Waals surface area contributed by atoms with E-state index in [0.717, 1.165) is 17.0 Å². The van der Waals surface area contributed by atoms with Crippen molar-refractivity contribution in [3.8, 4) is 0 Å². The van der Waals surface area contributed by atoms with Crippen LogP contribution in [0.25, 0.3) is 0 Å². The number of halogens is 1. The van der Waals surface area contributed by atoms with Crippen molar-refractivity contribution in [1.82, 2.24) is 4.90 Å². The summed E-state index contributed by atoms with van der Waals surface area (Å²) in [5.74, 6) is -0.505. The summed E-state index contributed by atoms with van der Waals surface area (Å²) in [6.07, 6.45) is -0.181. The molecule has 0 aromatic heterocycles. The molecule has 19 heavy (non-hydrogen) atoms. The summed E-state index contributed by atoms with van der Waals surface area (Å²) in [4.78, 5) is 12.0. The first-order valence-electron chi connectivity index (χ1n) is 5.88. The van der Waals surface area contributed by atoms with Crippen molar-refractivity contribution in [1.29, 1.82) is 0 Å². The summed E-state index contributed by atoms with van der Waals surface area (Å²) in [6.45, 7) is 0.319. The number of likely N-dealkylation sites (tertiary alicyclic amines) is 1. The molecule has 1 amide bonds. The quantitative estimate of drug-likeness (QED) is 0.841. The number of hydrogen-bond acceptors (Lipinski definition) is 3. The van der Waals surface area contributed by atoms with Crippen LogP contribution in [0.4, 0.5) is 9.18 Å². The summed E-state index contributed by atoms with van der Waals surface area (Å²) in [5, 5.41) is 8.15. The molecule has 1 aromatic carbocycles. The van der Waals surface area contributed by atoms with E-state index < -0.39 is 27.0 Å². The zero-order chi connectivity index (χ0) is 14.0. The zero-order valence-corrected chi connectivity index (χ0v) is 10.9. The fraction of sp³-hybridized carbons (Fsp3) is 0.417. The highest BCUT2D eigenvalue weighted by atomic mass is 32.2. The summed E-state index contributed by atoms with van der Waals surface area (Å²) in [6, 6.07) is 4.60. The van der Waals surface area contributed by atoms with Crippen LogP contribution in [0.1, 0.15) is 12.8 Å². The number of benzene rings is 1. The Bertz CT molecular complexity index is 570. The van der Waals surface area contributed by atoms with Crippen LogP contribution in [0.2, 0.25) is 0 Å². The maximum atomic E-state index is 12.8. The van der Waals surface area contributed by atoms with Crippen LogP contribution in [0, 0.1) is 5.82 Å². The molecule has 1 aliphatic rings. The number of amides is 1. The Morgan fingerprint density at radius 2 is 1.95 bits per heavy atom. The van der Waals surface area contributed by atoms with Crippen molar-refractivity contribution in [3.05, 3.63) is 30.1 Å². The maximum absolute atomic E-state index is 12.8. The molecule has 1 aromatic rings. The van der Waals surface area contributed by atoms with Crippen LogP contribution >= 0.6 is 0 Å². The summed E-state index contributed by atoms with van der Waals surface area (Å²) in [5.41, 5.74) is 0. The van der Waals surface area contributed by atoms with E-state index in [4.69, 9.17) is 5.11 Å². The molecule has 5 nitrogen and oxygen atoms in total. The molecule has 1 saturated heterocycles. The minimum atomic E-state index is -3.62. The molecule has 1 N–H and O–H groups in total. The van der Waals surface area contributed by atoms with Gasteiger partial charge in [0.05, 0.1) is 10.1 Å². The Kier molecular flexibility index (Phi) is 3.75. The van der Waals surface area contributed by atoms with Crippen LogP contribution < -0.4 is 0 Å². The second kappa shape index (κ2) is 5.16. The Hall–Kier alpha value is -1.63. The number of carbonyl (C=O) groups is 1. The third-order valence-corrected chi connectivity index (χ3v) is 5.42. The van der Waals surface area contributed by atoms with Gasteiger partial charge in [0.15, 0.2) is 9.84 Å². The predicted octanol–water partition coefficient (Wildman–Crippen LogP) is 1.74. The largest absolute Gasteiger partial charge is 0.465 e. The average Bonchev–Trinajstić information content (AvgIpc) is 2.39. The van der Waals surface area contributed by atoms with Crippen LogP contribution in [0.15, 0.2) is 29.2 Å². The van der Waals surface area contributed by atoms with Gasteiger partial charge in [0, 0.05) is 13.1 Å². The van der Waals surface area contributed by atoms with Crippen LogP contribution in [0.3, 0.4) is 0 Å². The summed E-state index contributed by atoms with van der Waals surface area (Å²) >= 11 is 0. The predicted molar refractivity (Wildman–Crippen MR) is 66.2 cm³/mol. The van der Waals surface area contributed by atoms with E-state index in [9.17, 15) is 17.6 Å². The molecule has 0 radical (unpaired) electrons. The number of nitrogens with zero attached hydrogens (tertiary/aromatic N) is 1. The SMILES string of the molecule is O=C(O)N1CCCC(S(=O)(=O)c2ccc(F)cc2)C1. The lowest BCUT2D eigenvalue weighted by atomic mass is 10.1. The normalized spacial score (nSPS) is 20.3. The van der Waals surface area contributed by atoms with Crippen molar-refractivity contribution in [2.24, 2.45) is 0 Å². The molecule has 1 fully saturated rings. The molecule has 104 valence electrons. The lowest BCUT2D eigenvalue weighted by molar-refractivity contribution is 0.136. The van der Waals surface area contributed by atoms with Crippen LogP contribution in [-0.2, 0) is 9.84 Å². The van der Waals surface area contributed by atoms with Gasteiger partial charge in [-0.3, -0.25) is 0 Å². The molecule has 1 unspecified atom stereocenters. The standard InChI is InChI=1S/C12H14FNO4S/c13-9-3-5-10(6-4-9)19(17,18)11-2-1-7-14(8-11)12(15)16/h3-6,11H,1-2,7-8H2,(H,15,16). The summed E-state index contributed by atoms with van der Waals surface area (Å²) < 4.78 is 37.5. The van der Waals surface area contributed by atoms with Gasteiger partial charge in [-0.2, -0.15) is 0 Å². The topological polar surface area (TPSA) is 74.7 Å². The van der Waals surface area contributed by atoms with Crippen molar-refractivity contribution in [2.45, 2.75) is 23.0 Å². The van der Waals surface area contributed by atoms with E-state index in [1.165, 1.54) is 12.1 Å². The molecular weight excluding hydrogens is 273 g/mol. The number of sulfone groups is 1. The first-order chi connectivity index (χ1) is 8.91. The number of hydrogen-bond donors (Lipinski definition) is 1. The van der Waals surface area contributed by atoms with Gasteiger partial charge < -0.3 is 10.0 Å². The van der Waals surface area contributed by atoms with E-state index >= 15 is 0 Å². The molecule has 7 heteroatoms.